The lowest BCUT2D eigenvalue weighted by atomic mass is 10.1. The lowest BCUT2D eigenvalue weighted by Crippen LogP contribution is -2.48. The predicted molar refractivity (Wildman–Crippen MR) is 118 cm³/mol. The van der Waals surface area contributed by atoms with E-state index in [1.165, 1.54) is 13.2 Å². The van der Waals surface area contributed by atoms with Gasteiger partial charge in [0.25, 0.3) is 0 Å². The van der Waals surface area contributed by atoms with Gasteiger partial charge >= 0.3 is 0 Å². The van der Waals surface area contributed by atoms with Gasteiger partial charge in [0.1, 0.15) is 5.82 Å². The maximum atomic E-state index is 12.3. The van der Waals surface area contributed by atoms with Crippen LogP contribution in [0, 0.1) is 0 Å². The lowest BCUT2D eigenvalue weighted by molar-refractivity contribution is 0.351. The highest BCUT2D eigenvalue weighted by Gasteiger charge is 2.23. The minimum atomic E-state index is -0.934. The number of phenols is 2. The molecule has 1 saturated heterocycles. The standard InChI is InChI=1S/C21H26N4O4S/c1-13(2)30(28)25-8-6-24(7-9-25)15-4-5-16-17(12-15)23-21(22-16)14-10-18(26)20(27)19(11-14)29-3/h4-5,10-13,26-27H,6-9H2,1-3H3,(H,22,23). The van der Waals surface area contributed by atoms with Gasteiger partial charge in [0.05, 0.1) is 29.1 Å². The first kappa shape index (κ1) is 20.5. The Bertz CT molecular complexity index is 1090. The number of aromatic hydroxyl groups is 2. The molecule has 1 atom stereocenters. The highest BCUT2D eigenvalue weighted by Crippen LogP contribution is 2.39. The number of nitrogens with one attached hydrogen (secondary N) is 1. The summed E-state index contributed by atoms with van der Waals surface area (Å²) in [6, 6.07) is 9.13. The summed E-state index contributed by atoms with van der Waals surface area (Å²) in [4.78, 5) is 10.2. The second-order valence-corrected chi connectivity index (χ2v) is 9.59. The smallest absolute Gasteiger partial charge is 0.200 e. The molecule has 4 rings (SSSR count). The first-order valence-corrected chi connectivity index (χ1v) is 11.0. The molecular weight excluding hydrogens is 404 g/mol. The highest BCUT2D eigenvalue weighted by atomic mass is 32.2. The van der Waals surface area contributed by atoms with Crippen LogP contribution >= 0.6 is 0 Å². The minimum absolute atomic E-state index is 0.134. The van der Waals surface area contributed by atoms with Gasteiger partial charge in [0.2, 0.25) is 5.75 Å². The van der Waals surface area contributed by atoms with Gasteiger partial charge in [-0.3, -0.25) is 0 Å². The molecular formula is C21H26N4O4S. The summed E-state index contributed by atoms with van der Waals surface area (Å²) in [6.45, 7) is 7.13. The number of nitrogens with zero attached hydrogens (tertiary/aromatic N) is 3. The summed E-state index contributed by atoms with van der Waals surface area (Å²) in [5, 5.41) is 19.9. The van der Waals surface area contributed by atoms with Gasteiger partial charge in [-0.2, -0.15) is 0 Å². The van der Waals surface area contributed by atoms with Gasteiger partial charge in [-0.1, -0.05) is 0 Å². The van der Waals surface area contributed by atoms with Gasteiger partial charge < -0.3 is 24.8 Å². The van der Waals surface area contributed by atoms with Crippen LogP contribution < -0.4 is 9.64 Å². The summed E-state index contributed by atoms with van der Waals surface area (Å²) >= 11 is 0. The Kier molecular flexibility index (Phi) is 5.57. The minimum Gasteiger partial charge on any atom is -0.504 e. The van der Waals surface area contributed by atoms with Crippen molar-refractivity contribution in [2.24, 2.45) is 0 Å². The number of phenolic OH excluding ortho intramolecular Hbond substituents is 2. The Morgan fingerprint density at radius 3 is 2.53 bits per heavy atom. The van der Waals surface area contributed by atoms with Gasteiger partial charge in [-0.25, -0.2) is 13.5 Å². The van der Waals surface area contributed by atoms with E-state index in [1.807, 2.05) is 30.3 Å². The van der Waals surface area contributed by atoms with E-state index in [1.54, 1.807) is 6.07 Å². The average Bonchev–Trinajstić information content (AvgIpc) is 3.18. The van der Waals surface area contributed by atoms with E-state index in [0.29, 0.717) is 11.4 Å². The molecule has 30 heavy (non-hydrogen) atoms. The van der Waals surface area contributed by atoms with Crippen LogP contribution in [0.4, 0.5) is 5.69 Å². The SMILES string of the molecule is COc1cc(-c2nc3ccc(N4CCN(S(=O)C(C)C)CC4)cc3[nH]2)cc(O)c1O. The quantitative estimate of drug-likeness (QED) is 0.538. The zero-order valence-corrected chi connectivity index (χ0v) is 18.1. The number of hydrogen-bond acceptors (Lipinski definition) is 6. The van der Waals surface area contributed by atoms with Crippen LogP contribution in [0.1, 0.15) is 13.8 Å². The highest BCUT2D eigenvalue weighted by molar-refractivity contribution is 7.83. The number of imidazole rings is 1. The molecule has 3 N–H and O–H groups in total. The number of ether oxygens (including phenoxy) is 1. The van der Waals surface area contributed by atoms with E-state index in [9.17, 15) is 14.4 Å². The molecule has 0 bridgehead atoms. The van der Waals surface area contributed by atoms with Crippen LogP contribution in [0.15, 0.2) is 30.3 Å². The van der Waals surface area contributed by atoms with Crippen molar-refractivity contribution in [3.63, 3.8) is 0 Å². The molecule has 0 radical (unpaired) electrons. The number of methoxy groups -OCH3 is 1. The summed E-state index contributed by atoms with van der Waals surface area (Å²) in [6.07, 6.45) is 0. The summed E-state index contributed by atoms with van der Waals surface area (Å²) < 4.78 is 19.5. The Hall–Kier alpha value is -2.78. The van der Waals surface area contributed by atoms with Crippen molar-refractivity contribution in [3.05, 3.63) is 30.3 Å². The maximum absolute atomic E-state index is 12.3. The van der Waals surface area contributed by atoms with E-state index in [2.05, 4.69) is 20.9 Å². The molecule has 0 amide bonds. The summed E-state index contributed by atoms with van der Waals surface area (Å²) in [5.74, 6) is 0.204. The second kappa shape index (κ2) is 8.16. The number of H-pyrrole nitrogens is 1. The largest absolute Gasteiger partial charge is 0.504 e. The number of anilines is 1. The monoisotopic (exact) mass is 430 g/mol. The fourth-order valence-corrected chi connectivity index (χ4v) is 4.76. The van der Waals surface area contributed by atoms with Crippen molar-refractivity contribution in [1.82, 2.24) is 14.3 Å². The van der Waals surface area contributed by atoms with Gasteiger partial charge in [0.15, 0.2) is 11.5 Å². The number of rotatable bonds is 5. The van der Waals surface area contributed by atoms with E-state index in [-0.39, 0.29) is 22.5 Å². The van der Waals surface area contributed by atoms with E-state index < -0.39 is 11.0 Å². The van der Waals surface area contributed by atoms with Crippen LogP contribution in [0.5, 0.6) is 17.2 Å². The number of aromatic amines is 1. The fourth-order valence-electron chi connectivity index (χ4n) is 3.64. The molecule has 2 aromatic carbocycles. The third kappa shape index (κ3) is 3.82. The molecule has 2 heterocycles. The van der Waals surface area contributed by atoms with Gasteiger partial charge in [-0.15, -0.1) is 0 Å². The average molecular weight is 431 g/mol. The topological polar surface area (TPSA) is 102 Å². The van der Waals surface area contributed by atoms with Crippen LogP contribution in [0.2, 0.25) is 0 Å². The van der Waals surface area contributed by atoms with E-state index in [0.717, 1.165) is 42.9 Å². The van der Waals surface area contributed by atoms with Gasteiger partial charge in [0, 0.05) is 42.7 Å². The number of aromatic nitrogens is 2. The molecule has 3 aromatic rings. The predicted octanol–water partition coefficient (Wildman–Crippen LogP) is 2.84. The third-order valence-electron chi connectivity index (χ3n) is 5.28. The van der Waals surface area contributed by atoms with Crippen molar-refractivity contribution in [2.75, 3.05) is 38.2 Å². The number of fused-ring (bicyclic) bond motifs is 1. The van der Waals surface area contributed by atoms with Crippen LogP contribution in [0.25, 0.3) is 22.4 Å². The summed E-state index contributed by atoms with van der Waals surface area (Å²) in [7, 11) is 0.496. The van der Waals surface area contributed by atoms with Crippen molar-refractivity contribution >= 4 is 27.7 Å². The first-order chi connectivity index (χ1) is 14.4. The Balaban J connectivity index is 1.57. The lowest BCUT2D eigenvalue weighted by Gasteiger charge is -2.35. The molecule has 1 aliphatic heterocycles. The molecule has 1 aromatic heterocycles. The van der Waals surface area contributed by atoms with Gasteiger partial charge in [-0.05, 0) is 44.2 Å². The normalized spacial score (nSPS) is 16.3. The molecule has 1 aliphatic rings. The molecule has 160 valence electrons. The zero-order chi connectivity index (χ0) is 21.4. The molecule has 0 spiro atoms. The fraction of sp³-hybridized carbons (Fsp3) is 0.381. The van der Waals surface area contributed by atoms with E-state index >= 15 is 0 Å². The Labute approximate surface area is 177 Å². The Morgan fingerprint density at radius 1 is 1.13 bits per heavy atom. The maximum Gasteiger partial charge on any atom is 0.200 e. The zero-order valence-electron chi connectivity index (χ0n) is 17.3. The molecule has 0 aliphatic carbocycles. The molecule has 1 fully saturated rings. The van der Waals surface area contributed by atoms with Crippen molar-refractivity contribution in [1.29, 1.82) is 0 Å². The number of hydrogen-bond donors (Lipinski definition) is 3. The van der Waals surface area contributed by atoms with E-state index in [4.69, 9.17) is 4.74 Å². The molecule has 9 heteroatoms. The summed E-state index contributed by atoms with van der Waals surface area (Å²) in [5.41, 5.74) is 3.38. The molecule has 1 unspecified atom stereocenters. The second-order valence-electron chi connectivity index (χ2n) is 7.57. The molecule has 0 saturated carbocycles. The third-order valence-corrected chi connectivity index (χ3v) is 6.96. The van der Waals surface area contributed by atoms with Crippen molar-refractivity contribution < 1.29 is 19.2 Å². The first-order valence-electron chi connectivity index (χ1n) is 9.88. The van der Waals surface area contributed by atoms with Crippen LogP contribution in [0.3, 0.4) is 0 Å². The number of piperazine rings is 1. The Morgan fingerprint density at radius 2 is 1.87 bits per heavy atom. The molecule has 8 nitrogen and oxygen atoms in total. The van der Waals surface area contributed by atoms with Crippen molar-refractivity contribution in [3.8, 4) is 28.6 Å². The van der Waals surface area contributed by atoms with Crippen LogP contribution in [-0.2, 0) is 11.0 Å². The van der Waals surface area contributed by atoms with Crippen LogP contribution in [-0.4, -0.2) is 67.2 Å². The number of benzene rings is 2. The van der Waals surface area contributed by atoms with Crippen molar-refractivity contribution in [2.45, 2.75) is 19.1 Å².